The SMILES string of the molecule is Cn1ncc(N)c1C(=O)Nc1nccnn1. The molecule has 0 aliphatic rings. The minimum atomic E-state index is -0.425. The Kier molecular flexibility index (Phi) is 2.46. The van der Waals surface area contributed by atoms with Gasteiger partial charge < -0.3 is 5.73 Å². The molecule has 0 aromatic carbocycles. The molecular formula is C8H9N7O. The van der Waals surface area contributed by atoms with E-state index in [1.54, 1.807) is 7.05 Å². The van der Waals surface area contributed by atoms with Crippen LogP contribution >= 0.6 is 0 Å². The van der Waals surface area contributed by atoms with E-state index < -0.39 is 5.91 Å². The first kappa shape index (κ1) is 10.0. The number of amides is 1. The fourth-order valence-corrected chi connectivity index (χ4v) is 1.20. The topological polar surface area (TPSA) is 112 Å². The molecule has 3 N–H and O–H groups in total. The molecule has 0 aliphatic heterocycles. The van der Waals surface area contributed by atoms with Crippen molar-refractivity contribution < 1.29 is 4.79 Å². The van der Waals surface area contributed by atoms with Crippen LogP contribution in [0.1, 0.15) is 10.5 Å². The number of nitrogens with zero attached hydrogens (tertiary/aromatic N) is 5. The average molecular weight is 219 g/mol. The van der Waals surface area contributed by atoms with Crippen molar-refractivity contribution in [3.8, 4) is 0 Å². The fourth-order valence-electron chi connectivity index (χ4n) is 1.20. The summed E-state index contributed by atoms with van der Waals surface area (Å²) in [5.74, 6) is -0.307. The lowest BCUT2D eigenvalue weighted by Crippen LogP contribution is -2.19. The number of carbonyl (C=O) groups excluding carboxylic acids is 1. The van der Waals surface area contributed by atoms with E-state index in [1.807, 2.05) is 0 Å². The molecule has 0 atom stereocenters. The lowest BCUT2D eigenvalue weighted by molar-refractivity contribution is 0.101. The Labute approximate surface area is 90.5 Å². The Morgan fingerprint density at radius 2 is 2.31 bits per heavy atom. The Balaban J connectivity index is 2.22. The number of hydrogen-bond donors (Lipinski definition) is 2. The summed E-state index contributed by atoms with van der Waals surface area (Å²) in [5, 5.41) is 13.5. The maximum absolute atomic E-state index is 11.8. The highest BCUT2D eigenvalue weighted by molar-refractivity contribution is 6.05. The van der Waals surface area contributed by atoms with Crippen molar-refractivity contribution in [3.05, 3.63) is 24.3 Å². The molecule has 1 amide bonds. The van der Waals surface area contributed by atoms with Crippen molar-refractivity contribution in [2.75, 3.05) is 11.1 Å². The van der Waals surface area contributed by atoms with Crippen molar-refractivity contribution in [3.63, 3.8) is 0 Å². The predicted molar refractivity (Wildman–Crippen MR) is 55.4 cm³/mol. The summed E-state index contributed by atoms with van der Waals surface area (Å²) in [6.07, 6.45) is 4.24. The molecule has 0 unspecified atom stereocenters. The van der Waals surface area contributed by atoms with E-state index in [0.29, 0.717) is 5.69 Å². The first-order valence-corrected chi connectivity index (χ1v) is 4.41. The number of aryl methyl sites for hydroxylation is 1. The number of aromatic nitrogens is 5. The van der Waals surface area contributed by atoms with Gasteiger partial charge in [-0.3, -0.25) is 14.8 Å². The molecule has 82 valence electrons. The van der Waals surface area contributed by atoms with Crippen LogP contribution in [0.25, 0.3) is 0 Å². The fraction of sp³-hybridized carbons (Fsp3) is 0.125. The van der Waals surface area contributed by atoms with E-state index >= 15 is 0 Å². The van der Waals surface area contributed by atoms with E-state index in [1.165, 1.54) is 23.3 Å². The van der Waals surface area contributed by atoms with Crippen LogP contribution in [0.3, 0.4) is 0 Å². The Bertz CT molecular complexity index is 487. The van der Waals surface area contributed by atoms with E-state index in [-0.39, 0.29) is 11.6 Å². The number of nitrogen functional groups attached to an aromatic ring is 1. The highest BCUT2D eigenvalue weighted by Crippen LogP contribution is 2.10. The number of nitrogens with one attached hydrogen (secondary N) is 1. The van der Waals surface area contributed by atoms with E-state index in [0.717, 1.165) is 0 Å². The summed E-state index contributed by atoms with van der Waals surface area (Å²) >= 11 is 0. The average Bonchev–Trinajstić information content (AvgIpc) is 2.60. The summed E-state index contributed by atoms with van der Waals surface area (Å²) in [4.78, 5) is 15.6. The second-order valence-electron chi connectivity index (χ2n) is 2.99. The van der Waals surface area contributed by atoms with Crippen LogP contribution in [0.4, 0.5) is 11.6 Å². The molecule has 8 heteroatoms. The normalized spacial score (nSPS) is 10.1. The molecule has 0 spiro atoms. The molecule has 0 radical (unpaired) electrons. The highest BCUT2D eigenvalue weighted by Gasteiger charge is 2.15. The van der Waals surface area contributed by atoms with Gasteiger partial charge in [-0.15, -0.1) is 5.10 Å². The van der Waals surface area contributed by atoms with Crippen LogP contribution in [-0.4, -0.2) is 30.9 Å². The van der Waals surface area contributed by atoms with Crippen molar-refractivity contribution in [2.24, 2.45) is 7.05 Å². The van der Waals surface area contributed by atoms with Crippen LogP contribution in [-0.2, 0) is 7.05 Å². The molecule has 16 heavy (non-hydrogen) atoms. The van der Waals surface area contributed by atoms with Gasteiger partial charge in [0.05, 0.1) is 24.3 Å². The number of nitrogens with two attached hydrogens (primary N) is 1. The van der Waals surface area contributed by atoms with E-state index in [4.69, 9.17) is 5.73 Å². The van der Waals surface area contributed by atoms with Crippen molar-refractivity contribution >= 4 is 17.5 Å². The molecule has 0 aliphatic carbocycles. The van der Waals surface area contributed by atoms with Crippen LogP contribution in [0.5, 0.6) is 0 Å². The first-order valence-electron chi connectivity index (χ1n) is 4.41. The van der Waals surface area contributed by atoms with Crippen LogP contribution in [0, 0.1) is 0 Å². The first-order chi connectivity index (χ1) is 7.68. The second kappa shape index (κ2) is 3.93. The lowest BCUT2D eigenvalue weighted by Gasteiger charge is -2.03. The lowest BCUT2D eigenvalue weighted by atomic mass is 10.3. The maximum atomic E-state index is 11.8. The summed E-state index contributed by atoms with van der Waals surface area (Å²) < 4.78 is 1.38. The van der Waals surface area contributed by atoms with Gasteiger partial charge in [-0.05, 0) is 0 Å². The zero-order valence-electron chi connectivity index (χ0n) is 8.45. The summed E-state index contributed by atoms with van der Waals surface area (Å²) in [6.45, 7) is 0. The van der Waals surface area contributed by atoms with Gasteiger partial charge in [0.25, 0.3) is 5.91 Å². The molecule has 0 saturated carbocycles. The third-order valence-corrected chi connectivity index (χ3v) is 1.89. The zero-order chi connectivity index (χ0) is 11.5. The van der Waals surface area contributed by atoms with Crippen molar-refractivity contribution in [1.82, 2.24) is 25.0 Å². The highest BCUT2D eigenvalue weighted by atomic mass is 16.2. The number of carbonyl (C=O) groups is 1. The third-order valence-electron chi connectivity index (χ3n) is 1.89. The van der Waals surface area contributed by atoms with Crippen LogP contribution in [0.15, 0.2) is 18.6 Å². The predicted octanol–water partition coefficient (Wildman–Crippen LogP) is -0.560. The number of rotatable bonds is 2. The molecule has 2 aromatic heterocycles. The Hall–Kier alpha value is -2.51. The minimum Gasteiger partial charge on any atom is -0.396 e. The molecule has 2 heterocycles. The monoisotopic (exact) mass is 219 g/mol. The summed E-state index contributed by atoms with van der Waals surface area (Å²) in [6, 6.07) is 0. The zero-order valence-corrected chi connectivity index (χ0v) is 8.45. The molecule has 0 saturated heterocycles. The van der Waals surface area contributed by atoms with Crippen LogP contribution in [0.2, 0.25) is 0 Å². The van der Waals surface area contributed by atoms with Gasteiger partial charge >= 0.3 is 0 Å². The molecule has 2 rings (SSSR count). The van der Waals surface area contributed by atoms with E-state index in [2.05, 4.69) is 25.6 Å². The second-order valence-corrected chi connectivity index (χ2v) is 2.99. The van der Waals surface area contributed by atoms with Gasteiger partial charge in [-0.25, -0.2) is 4.98 Å². The van der Waals surface area contributed by atoms with Gasteiger partial charge in [0.1, 0.15) is 5.69 Å². The minimum absolute atomic E-state index is 0.119. The van der Waals surface area contributed by atoms with Crippen molar-refractivity contribution in [2.45, 2.75) is 0 Å². The quantitative estimate of drug-likeness (QED) is 0.700. The number of hydrogen-bond acceptors (Lipinski definition) is 6. The van der Waals surface area contributed by atoms with Crippen LogP contribution < -0.4 is 11.1 Å². The standard InChI is InChI=1S/C8H9N7O/c1-15-6(5(9)4-12-15)7(16)13-8-10-2-3-11-14-8/h2-4H,9H2,1H3,(H,10,13,14,16). The Morgan fingerprint density at radius 3 is 2.88 bits per heavy atom. The van der Waals surface area contributed by atoms with Gasteiger partial charge in [-0.1, -0.05) is 0 Å². The summed E-state index contributed by atoms with van der Waals surface area (Å²) in [5.41, 5.74) is 6.15. The maximum Gasteiger partial charge on any atom is 0.278 e. The summed E-state index contributed by atoms with van der Waals surface area (Å²) in [7, 11) is 1.62. The molecular weight excluding hydrogens is 210 g/mol. The van der Waals surface area contributed by atoms with Gasteiger partial charge in [0, 0.05) is 7.05 Å². The van der Waals surface area contributed by atoms with E-state index in [9.17, 15) is 4.79 Å². The number of anilines is 2. The van der Waals surface area contributed by atoms with Gasteiger partial charge in [0.15, 0.2) is 0 Å². The van der Waals surface area contributed by atoms with Gasteiger partial charge in [-0.2, -0.15) is 10.2 Å². The largest absolute Gasteiger partial charge is 0.396 e. The smallest absolute Gasteiger partial charge is 0.278 e. The Morgan fingerprint density at radius 1 is 1.50 bits per heavy atom. The van der Waals surface area contributed by atoms with Gasteiger partial charge in [0.2, 0.25) is 5.95 Å². The third kappa shape index (κ3) is 1.80. The van der Waals surface area contributed by atoms with Crippen molar-refractivity contribution in [1.29, 1.82) is 0 Å². The molecule has 0 bridgehead atoms. The molecule has 0 fully saturated rings. The molecule has 2 aromatic rings. The molecule has 8 nitrogen and oxygen atoms in total.